The van der Waals surface area contributed by atoms with Crippen molar-refractivity contribution in [2.45, 2.75) is 95.3 Å². The van der Waals surface area contributed by atoms with Crippen LogP contribution < -0.4 is 0 Å². The van der Waals surface area contributed by atoms with Crippen LogP contribution in [-0.4, -0.2) is 81.2 Å². The van der Waals surface area contributed by atoms with Crippen molar-refractivity contribution in [3.8, 4) is 0 Å². The normalized spacial score (nSPS) is 58.3. The van der Waals surface area contributed by atoms with Gasteiger partial charge in [-0.1, -0.05) is 13.8 Å². The Balaban J connectivity index is 1.41. The molecule has 2 bridgehead atoms. The molecule has 1 aromatic heterocycles. The van der Waals surface area contributed by atoms with Crippen molar-refractivity contribution in [2.24, 2.45) is 33.5 Å². The van der Waals surface area contributed by atoms with E-state index in [4.69, 9.17) is 18.6 Å². The first-order valence-electron chi connectivity index (χ1n) is 13.6. The molecule has 1 spiro atoms. The minimum Gasteiger partial charge on any atom is -0.472 e. The molecule has 10 heteroatoms. The largest absolute Gasteiger partial charge is 0.472 e. The van der Waals surface area contributed by atoms with E-state index in [9.17, 15) is 30.0 Å². The Labute approximate surface area is 220 Å². The number of hydrogen-bond donors (Lipinski definition) is 4. The predicted molar refractivity (Wildman–Crippen MR) is 127 cm³/mol. The summed E-state index contributed by atoms with van der Waals surface area (Å²) in [5, 5.41) is 47.0. The third-order valence-electron chi connectivity index (χ3n) is 12.3. The molecule has 0 aromatic carbocycles. The fraction of sp³-hybridized carbons (Fsp3) is 0.786. The molecule has 7 rings (SSSR count). The maximum Gasteiger partial charge on any atom is 0.302 e. The van der Waals surface area contributed by atoms with Crippen molar-refractivity contribution in [1.82, 2.24) is 0 Å². The van der Waals surface area contributed by atoms with E-state index in [0.29, 0.717) is 6.42 Å². The number of esters is 1. The van der Waals surface area contributed by atoms with Crippen LogP contribution in [-0.2, 0) is 23.8 Å². The molecule has 1 aromatic rings. The van der Waals surface area contributed by atoms with Gasteiger partial charge in [0.25, 0.3) is 0 Å². The molecule has 6 fully saturated rings. The molecule has 4 N–H and O–H groups in total. The number of aliphatic hydroxyl groups excluding tert-OH is 4. The number of carbonyl (C=O) groups excluding carboxylic acids is 2. The van der Waals surface area contributed by atoms with Crippen LogP contribution in [0.4, 0.5) is 0 Å². The number of fused-ring (bicyclic) bond motifs is 1. The lowest BCUT2D eigenvalue weighted by atomic mass is 9.33. The standard InChI is InChI=1S/C28H36O10/c1-12(29)37-18-9-17(31)27-11-36-23(34)24(18,2)15(27)8-16(30)26(4)21(27)20(32)22(33)25(3)14(13-5-6-35-10-13)7-19-28(25,26)38-19/h5-6,10,14-21,23,30-32,34H,7-9,11H2,1-4H3/t14-,15-,16+,17-,18-,19+,20-,21-,23+,24+,25-,26-,27+,28-/m0/s1. The number of ether oxygens (including phenoxy) is 3. The van der Waals surface area contributed by atoms with Gasteiger partial charge in [-0.2, -0.15) is 0 Å². The summed E-state index contributed by atoms with van der Waals surface area (Å²) in [6, 6.07) is 1.83. The molecule has 4 saturated carbocycles. The lowest BCUT2D eigenvalue weighted by Crippen LogP contribution is -2.82. The van der Waals surface area contributed by atoms with Gasteiger partial charge in [0, 0.05) is 36.0 Å². The van der Waals surface area contributed by atoms with Gasteiger partial charge in [-0.15, -0.1) is 0 Å². The van der Waals surface area contributed by atoms with Crippen molar-refractivity contribution in [3.05, 3.63) is 24.2 Å². The van der Waals surface area contributed by atoms with E-state index in [0.717, 1.165) is 5.56 Å². The second kappa shape index (κ2) is 7.27. The first-order chi connectivity index (χ1) is 17.8. The molecule has 2 aliphatic heterocycles. The average molecular weight is 533 g/mol. The summed E-state index contributed by atoms with van der Waals surface area (Å²) in [6.45, 7) is 6.62. The highest BCUT2D eigenvalue weighted by Gasteiger charge is 2.92. The van der Waals surface area contributed by atoms with Gasteiger partial charge < -0.3 is 39.1 Å². The van der Waals surface area contributed by atoms with Gasteiger partial charge in [0.1, 0.15) is 17.8 Å². The Hall–Kier alpha value is -1.82. The summed E-state index contributed by atoms with van der Waals surface area (Å²) in [5.41, 5.74) is -4.81. The number of aliphatic hydroxyl groups is 4. The van der Waals surface area contributed by atoms with E-state index >= 15 is 0 Å². The number of furan rings is 1. The third-order valence-corrected chi connectivity index (χ3v) is 12.3. The highest BCUT2D eigenvalue weighted by molar-refractivity contribution is 5.94. The van der Waals surface area contributed by atoms with E-state index in [2.05, 4.69) is 0 Å². The van der Waals surface area contributed by atoms with E-state index < -0.39 is 75.8 Å². The summed E-state index contributed by atoms with van der Waals surface area (Å²) < 4.78 is 23.3. The summed E-state index contributed by atoms with van der Waals surface area (Å²) in [6.07, 6.45) is -2.28. The monoisotopic (exact) mass is 532 g/mol. The molecule has 0 unspecified atom stereocenters. The Morgan fingerprint density at radius 1 is 1.08 bits per heavy atom. The first kappa shape index (κ1) is 25.2. The van der Waals surface area contributed by atoms with Gasteiger partial charge in [-0.25, -0.2) is 0 Å². The molecular weight excluding hydrogens is 496 g/mol. The van der Waals surface area contributed by atoms with E-state index in [1.807, 2.05) is 19.9 Å². The van der Waals surface area contributed by atoms with Crippen LogP contribution in [0.25, 0.3) is 0 Å². The second-order valence-electron chi connectivity index (χ2n) is 13.3. The van der Waals surface area contributed by atoms with Gasteiger partial charge >= 0.3 is 5.97 Å². The fourth-order valence-corrected chi connectivity index (χ4v) is 10.7. The van der Waals surface area contributed by atoms with Gasteiger partial charge in [0.05, 0.1) is 48.3 Å². The highest BCUT2D eigenvalue weighted by Crippen LogP contribution is 2.82. The topological polar surface area (TPSA) is 159 Å². The van der Waals surface area contributed by atoms with Crippen molar-refractivity contribution >= 4 is 11.8 Å². The zero-order valence-corrected chi connectivity index (χ0v) is 22.0. The molecule has 10 nitrogen and oxygen atoms in total. The van der Waals surface area contributed by atoms with Crippen molar-refractivity contribution in [1.29, 1.82) is 0 Å². The maximum absolute atomic E-state index is 14.4. The lowest BCUT2D eigenvalue weighted by Gasteiger charge is -2.73. The van der Waals surface area contributed by atoms with Crippen LogP contribution in [0, 0.1) is 33.5 Å². The lowest BCUT2D eigenvalue weighted by molar-refractivity contribution is -0.382. The Morgan fingerprint density at radius 3 is 2.47 bits per heavy atom. The molecule has 14 atom stereocenters. The zero-order chi connectivity index (χ0) is 27.2. The van der Waals surface area contributed by atoms with Crippen LogP contribution in [0.5, 0.6) is 0 Å². The zero-order valence-electron chi connectivity index (χ0n) is 22.0. The molecular formula is C28H36O10. The van der Waals surface area contributed by atoms with Gasteiger partial charge in [-0.05, 0) is 37.3 Å². The van der Waals surface area contributed by atoms with Gasteiger partial charge in [0.2, 0.25) is 0 Å². The van der Waals surface area contributed by atoms with Crippen LogP contribution in [0.2, 0.25) is 0 Å². The molecule has 0 radical (unpaired) electrons. The summed E-state index contributed by atoms with van der Waals surface area (Å²) in [7, 11) is 0. The third kappa shape index (κ3) is 2.36. The van der Waals surface area contributed by atoms with Crippen LogP contribution >= 0.6 is 0 Å². The highest BCUT2D eigenvalue weighted by atomic mass is 16.6. The van der Waals surface area contributed by atoms with Gasteiger partial charge in [-0.3, -0.25) is 9.59 Å². The Morgan fingerprint density at radius 2 is 1.82 bits per heavy atom. The van der Waals surface area contributed by atoms with Crippen LogP contribution in [0.1, 0.15) is 58.4 Å². The SMILES string of the molecule is CC(=O)O[C@H]1C[C@H](O)[C@@]23CO[C@@H](O)[C@]1(C)[C@@H]2C[C@@H](O)[C@@]1(C)[C@@H]3[C@H](O)C(=O)[C@]2(C)[C@H](c3ccoc3)C[C@H]3O[C@]312. The molecule has 0 amide bonds. The molecule has 4 aliphatic carbocycles. The minimum atomic E-state index is -1.52. The Kier molecular flexibility index (Phi) is 4.82. The number of carbonyl (C=O) groups is 2. The number of epoxide rings is 1. The summed E-state index contributed by atoms with van der Waals surface area (Å²) in [4.78, 5) is 26.4. The molecule has 38 heavy (non-hydrogen) atoms. The summed E-state index contributed by atoms with van der Waals surface area (Å²) in [5.74, 6) is -2.72. The predicted octanol–water partition coefficient (Wildman–Crippen LogP) is 0.895. The molecule has 3 heterocycles. The smallest absolute Gasteiger partial charge is 0.302 e. The van der Waals surface area contributed by atoms with E-state index in [1.54, 1.807) is 19.5 Å². The number of hydrogen-bond acceptors (Lipinski definition) is 10. The second-order valence-corrected chi connectivity index (χ2v) is 13.3. The minimum absolute atomic E-state index is 0.0167. The van der Waals surface area contributed by atoms with Crippen LogP contribution in [0.3, 0.4) is 0 Å². The fourth-order valence-electron chi connectivity index (χ4n) is 10.7. The van der Waals surface area contributed by atoms with Crippen molar-refractivity contribution < 1.29 is 48.6 Å². The Bertz CT molecular complexity index is 1200. The quantitative estimate of drug-likeness (QED) is 0.318. The molecule has 6 aliphatic rings. The van der Waals surface area contributed by atoms with Crippen LogP contribution in [0.15, 0.2) is 23.0 Å². The number of ketones is 1. The van der Waals surface area contributed by atoms with Crippen molar-refractivity contribution in [2.75, 3.05) is 6.61 Å². The van der Waals surface area contributed by atoms with Gasteiger partial charge in [0.15, 0.2) is 12.1 Å². The van der Waals surface area contributed by atoms with Crippen molar-refractivity contribution in [3.63, 3.8) is 0 Å². The van der Waals surface area contributed by atoms with E-state index in [-0.39, 0.29) is 37.3 Å². The average Bonchev–Trinajstić information content (AvgIpc) is 3.22. The molecule has 208 valence electrons. The molecule has 2 saturated heterocycles. The number of rotatable bonds is 2. The summed E-state index contributed by atoms with van der Waals surface area (Å²) >= 11 is 0. The number of Topliss-reactive ketones (excluding diaryl/α,β-unsaturated/α-hetero) is 1. The first-order valence-corrected chi connectivity index (χ1v) is 13.6. The van der Waals surface area contributed by atoms with E-state index in [1.165, 1.54) is 6.92 Å². The maximum atomic E-state index is 14.4.